The number of aromatic nitrogens is 4. The van der Waals surface area contributed by atoms with Gasteiger partial charge in [0.25, 0.3) is 0 Å². The van der Waals surface area contributed by atoms with Crippen LogP contribution in [-0.2, 0) is 18.5 Å². The molecular formula is C13H14N6O2. The number of benzene rings is 1. The van der Waals surface area contributed by atoms with Gasteiger partial charge in [0.05, 0.1) is 18.0 Å². The molecule has 0 radical (unpaired) electrons. The maximum Gasteiger partial charge on any atom is 0.368 e. The van der Waals surface area contributed by atoms with Crippen LogP contribution < -0.4 is 5.69 Å². The van der Waals surface area contributed by atoms with Crippen LogP contribution in [0.1, 0.15) is 19.4 Å². The normalized spacial score (nSPS) is 10.0. The molecule has 1 aromatic heterocycles. The zero-order chi connectivity index (χ0) is 15.4. The average molecular weight is 286 g/mol. The first-order valence-corrected chi connectivity index (χ1v) is 6.16. The number of aryl methyl sites for hydroxylation is 1. The SMILES string of the molecule is [C-]#[N+]c1cccc(-n2nnn(C)c2=O)c1CON=C(C)C. The lowest BCUT2D eigenvalue weighted by Crippen LogP contribution is -2.22. The summed E-state index contributed by atoms with van der Waals surface area (Å²) < 4.78 is 2.25. The zero-order valence-corrected chi connectivity index (χ0v) is 11.9. The molecule has 0 amide bonds. The van der Waals surface area contributed by atoms with Crippen molar-refractivity contribution in [2.75, 3.05) is 0 Å². The molecule has 0 saturated heterocycles. The van der Waals surface area contributed by atoms with Gasteiger partial charge in [-0.15, -0.1) is 0 Å². The van der Waals surface area contributed by atoms with E-state index in [0.717, 1.165) is 15.1 Å². The molecule has 1 heterocycles. The third-order valence-electron chi connectivity index (χ3n) is 2.65. The summed E-state index contributed by atoms with van der Waals surface area (Å²) in [5, 5.41) is 11.3. The van der Waals surface area contributed by atoms with Crippen molar-refractivity contribution >= 4 is 11.4 Å². The Hall–Kier alpha value is -2.95. The summed E-state index contributed by atoms with van der Waals surface area (Å²) in [6.45, 7) is 10.9. The minimum atomic E-state index is -0.395. The quantitative estimate of drug-likeness (QED) is 0.484. The molecule has 1 aromatic carbocycles. The molecule has 0 aliphatic heterocycles. The van der Waals surface area contributed by atoms with Crippen LogP contribution in [0.5, 0.6) is 0 Å². The second kappa shape index (κ2) is 6.00. The molecule has 0 spiro atoms. The van der Waals surface area contributed by atoms with Crippen LogP contribution >= 0.6 is 0 Å². The van der Waals surface area contributed by atoms with E-state index in [-0.39, 0.29) is 6.61 Å². The first kappa shape index (κ1) is 14.5. The minimum Gasteiger partial charge on any atom is -0.392 e. The molecule has 21 heavy (non-hydrogen) atoms. The summed E-state index contributed by atoms with van der Waals surface area (Å²) in [7, 11) is 1.51. The van der Waals surface area contributed by atoms with Gasteiger partial charge in [-0.3, -0.25) is 0 Å². The number of rotatable bonds is 4. The van der Waals surface area contributed by atoms with E-state index in [4.69, 9.17) is 11.4 Å². The van der Waals surface area contributed by atoms with Crippen LogP contribution in [0.2, 0.25) is 0 Å². The highest BCUT2D eigenvalue weighted by atomic mass is 16.6. The fraction of sp³-hybridized carbons (Fsp3) is 0.308. The van der Waals surface area contributed by atoms with Crippen molar-refractivity contribution in [3.05, 3.63) is 45.7 Å². The van der Waals surface area contributed by atoms with Gasteiger partial charge in [-0.1, -0.05) is 17.3 Å². The van der Waals surface area contributed by atoms with Gasteiger partial charge in [0.15, 0.2) is 5.69 Å². The van der Waals surface area contributed by atoms with Gasteiger partial charge in [0.2, 0.25) is 0 Å². The molecule has 8 nitrogen and oxygen atoms in total. The molecule has 0 atom stereocenters. The molecule has 0 bridgehead atoms. The molecule has 2 aromatic rings. The van der Waals surface area contributed by atoms with Crippen molar-refractivity contribution in [2.45, 2.75) is 20.5 Å². The Bertz CT molecular complexity index is 777. The highest BCUT2D eigenvalue weighted by molar-refractivity contribution is 5.78. The van der Waals surface area contributed by atoms with E-state index in [1.54, 1.807) is 32.0 Å². The Kier molecular flexibility index (Phi) is 4.13. The second-order valence-electron chi connectivity index (χ2n) is 4.50. The van der Waals surface area contributed by atoms with Crippen LogP contribution in [0.25, 0.3) is 10.5 Å². The number of hydrogen-bond donors (Lipinski definition) is 0. The third-order valence-corrected chi connectivity index (χ3v) is 2.65. The maximum atomic E-state index is 12.0. The van der Waals surface area contributed by atoms with Crippen molar-refractivity contribution in [3.63, 3.8) is 0 Å². The number of tetrazole rings is 1. The lowest BCUT2D eigenvalue weighted by atomic mass is 10.1. The predicted octanol–water partition coefficient (Wildman–Crippen LogP) is 1.43. The largest absolute Gasteiger partial charge is 0.392 e. The lowest BCUT2D eigenvalue weighted by molar-refractivity contribution is 0.130. The van der Waals surface area contributed by atoms with Crippen LogP contribution in [-0.4, -0.2) is 25.5 Å². The van der Waals surface area contributed by atoms with Gasteiger partial charge in [-0.2, -0.15) is 9.36 Å². The van der Waals surface area contributed by atoms with Crippen molar-refractivity contribution in [1.82, 2.24) is 19.8 Å². The molecule has 0 aliphatic rings. The Morgan fingerprint density at radius 2 is 2.19 bits per heavy atom. The Morgan fingerprint density at radius 1 is 1.43 bits per heavy atom. The summed E-state index contributed by atoms with van der Waals surface area (Å²) >= 11 is 0. The minimum absolute atomic E-state index is 0.0715. The average Bonchev–Trinajstić information content (AvgIpc) is 2.79. The second-order valence-corrected chi connectivity index (χ2v) is 4.50. The molecular weight excluding hydrogens is 272 g/mol. The zero-order valence-electron chi connectivity index (χ0n) is 11.9. The van der Waals surface area contributed by atoms with Gasteiger partial charge in [0.1, 0.15) is 6.61 Å². The summed E-state index contributed by atoms with van der Waals surface area (Å²) in [6, 6.07) is 5.02. The topological polar surface area (TPSA) is 78.7 Å². The summed E-state index contributed by atoms with van der Waals surface area (Å²) in [4.78, 5) is 20.6. The molecule has 0 saturated carbocycles. The molecule has 0 aliphatic carbocycles. The van der Waals surface area contributed by atoms with Crippen LogP contribution in [0.4, 0.5) is 5.69 Å². The molecule has 108 valence electrons. The smallest absolute Gasteiger partial charge is 0.368 e. The van der Waals surface area contributed by atoms with E-state index < -0.39 is 5.69 Å². The Labute approximate surface area is 121 Å². The summed E-state index contributed by atoms with van der Waals surface area (Å²) in [5.41, 5.74) is 1.75. The van der Waals surface area contributed by atoms with E-state index in [2.05, 4.69) is 20.4 Å². The van der Waals surface area contributed by atoms with Crippen LogP contribution in [0.15, 0.2) is 28.1 Å². The van der Waals surface area contributed by atoms with Gasteiger partial charge in [0, 0.05) is 12.6 Å². The first-order chi connectivity index (χ1) is 10.0. The molecule has 0 N–H and O–H groups in total. The maximum absolute atomic E-state index is 12.0. The fourth-order valence-corrected chi connectivity index (χ4v) is 1.70. The van der Waals surface area contributed by atoms with Crippen LogP contribution in [0, 0.1) is 6.57 Å². The number of nitrogens with zero attached hydrogens (tertiary/aromatic N) is 6. The van der Waals surface area contributed by atoms with Crippen molar-refractivity contribution in [3.8, 4) is 5.69 Å². The number of hydrogen-bond acceptors (Lipinski definition) is 5. The highest BCUT2D eigenvalue weighted by Gasteiger charge is 2.15. The van der Waals surface area contributed by atoms with E-state index in [9.17, 15) is 4.79 Å². The third kappa shape index (κ3) is 2.97. The predicted molar refractivity (Wildman–Crippen MR) is 76.4 cm³/mol. The van der Waals surface area contributed by atoms with Gasteiger partial charge in [-0.05, 0) is 30.3 Å². The lowest BCUT2D eigenvalue weighted by Gasteiger charge is -2.09. The van der Waals surface area contributed by atoms with E-state index in [1.807, 2.05) is 0 Å². The summed E-state index contributed by atoms with van der Waals surface area (Å²) in [5.74, 6) is 0. The van der Waals surface area contributed by atoms with Gasteiger partial charge < -0.3 is 4.84 Å². The van der Waals surface area contributed by atoms with Gasteiger partial charge in [-0.25, -0.2) is 9.64 Å². The Morgan fingerprint density at radius 3 is 2.76 bits per heavy atom. The molecule has 0 unspecified atom stereocenters. The van der Waals surface area contributed by atoms with Gasteiger partial charge >= 0.3 is 5.69 Å². The molecule has 2 rings (SSSR count). The van der Waals surface area contributed by atoms with E-state index in [0.29, 0.717) is 16.9 Å². The number of oxime groups is 1. The highest BCUT2D eigenvalue weighted by Crippen LogP contribution is 2.25. The summed E-state index contributed by atoms with van der Waals surface area (Å²) in [6.07, 6.45) is 0. The Balaban J connectivity index is 2.51. The van der Waals surface area contributed by atoms with Crippen molar-refractivity contribution in [1.29, 1.82) is 0 Å². The fourth-order valence-electron chi connectivity index (χ4n) is 1.70. The monoisotopic (exact) mass is 286 g/mol. The molecule has 0 fully saturated rings. The van der Waals surface area contributed by atoms with E-state index in [1.165, 1.54) is 7.05 Å². The van der Waals surface area contributed by atoms with E-state index >= 15 is 0 Å². The van der Waals surface area contributed by atoms with Crippen molar-refractivity contribution in [2.24, 2.45) is 12.2 Å². The van der Waals surface area contributed by atoms with Crippen molar-refractivity contribution < 1.29 is 4.84 Å². The standard InChI is InChI=1S/C13H14N6O2/c1-9(2)15-21-8-10-11(14-3)6-5-7-12(10)19-13(20)18(4)16-17-19/h5-7H,8H2,1-2,4H3. The first-order valence-electron chi connectivity index (χ1n) is 6.16. The molecule has 8 heteroatoms. The van der Waals surface area contributed by atoms with Crippen LogP contribution in [0.3, 0.4) is 0 Å².